The molecule has 0 aliphatic rings. The zero-order chi connectivity index (χ0) is 15.2. The molecule has 1 atom stereocenters. The fourth-order valence-corrected chi connectivity index (χ4v) is 2.10. The molecule has 0 bridgehead atoms. The first-order valence-corrected chi connectivity index (χ1v) is 6.98. The summed E-state index contributed by atoms with van der Waals surface area (Å²) >= 11 is 0. The Morgan fingerprint density at radius 2 is 1.95 bits per heavy atom. The zero-order valence-electron chi connectivity index (χ0n) is 12.8. The van der Waals surface area contributed by atoms with Gasteiger partial charge in [0.1, 0.15) is 11.6 Å². The maximum Gasteiger partial charge on any atom is 0.126 e. The van der Waals surface area contributed by atoms with Crippen LogP contribution in [0.3, 0.4) is 0 Å². The van der Waals surface area contributed by atoms with E-state index >= 15 is 0 Å². The van der Waals surface area contributed by atoms with Gasteiger partial charge in [0.15, 0.2) is 0 Å². The summed E-state index contributed by atoms with van der Waals surface area (Å²) in [6.07, 6.45) is 0.521. The zero-order valence-corrected chi connectivity index (χ0v) is 12.8. The topological polar surface area (TPSA) is 21.3 Å². The highest BCUT2D eigenvalue weighted by Crippen LogP contribution is 2.29. The second kappa shape index (κ2) is 7.70. The van der Waals surface area contributed by atoms with Crippen molar-refractivity contribution in [3.63, 3.8) is 0 Å². The molecule has 20 heavy (non-hydrogen) atoms. The van der Waals surface area contributed by atoms with E-state index in [1.54, 1.807) is 7.11 Å². The predicted molar refractivity (Wildman–Crippen MR) is 77.8 cm³/mol. The van der Waals surface area contributed by atoms with Gasteiger partial charge in [-0.2, -0.15) is 0 Å². The molecular weight excluding hydrogens is 260 g/mol. The van der Waals surface area contributed by atoms with Crippen LogP contribution >= 0.6 is 0 Å². The summed E-state index contributed by atoms with van der Waals surface area (Å²) in [5.74, 6) is -0.505. The van der Waals surface area contributed by atoms with Crippen LogP contribution in [0.1, 0.15) is 26.3 Å². The smallest absolute Gasteiger partial charge is 0.126 e. The molecule has 0 aliphatic carbocycles. The van der Waals surface area contributed by atoms with Crippen LogP contribution in [0, 0.1) is 23.0 Å². The quantitative estimate of drug-likeness (QED) is 0.775. The summed E-state index contributed by atoms with van der Waals surface area (Å²) in [6, 6.07) is 3.65. The van der Waals surface area contributed by atoms with Crippen molar-refractivity contribution >= 4 is 0 Å². The molecule has 1 N–H and O–H groups in total. The van der Waals surface area contributed by atoms with Gasteiger partial charge in [-0.15, -0.1) is 0 Å². The van der Waals surface area contributed by atoms with Crippen molar-refractivity contribution < 1.29 is 13.5 Å². The molecule has 1 unspecified atom stereocenters. The van der Waals surface area contributed by atoms with Gasteiger partial charge in [-0.3, -0.25) is 0 Å². The van der Waals surface area contributed by atoms with Crippen molar-refractivity contribution in [3.05, 3.63) is 35.4 Å². The highest BCUT2D eigenvalue weighted by molar-refractivity contribution is 5.19. The molecule has 114 valence electrons. The number of ether oxygens (including phenoxy) is 1. The van der Waals surface area contributed by atoms with Crippen molar-refractivity contribution in [1.29, 1.82) is 0 Å². The van der Waals surface area contributed by atoms with Gasteiger partial charge in [-0.1, -0.05) is 20.8 Å². The van der Waals surface area contributed by atoms with Crippen LogP contribution in [0.5, 0.6) is 0 Å². The van der Waals surface area contributed by atoms with Crippen molar-refractivity contribution in [2.75, 3.05) is 26.8 Å². The van der Waals surface area contributed by atoms with Crippen molar-refractivity contribution in [3.8, 4) is 0 Å². The Labute approximate surface area is 120 Å². The fraction of sp³-hybridized carbons (Fsp3) is 0.625. The lowest BCUT2D eigenvalue weighted by Gasteiger charge is -2.31. The Kier molecular flexibility index (Phi) is 6.56. The van der Waals surface area contributed by atoms with Crippen molar-refractivity contribution in [2.24, 2.45) is 11.3 Å². The molecule has 0 saturated carbocycles. The minimum Gasteiger partial charge on any atom is -0.383 e. The Hall–Kier alpha value is -1.00. The summed E-state index contributed by atoms with van der Waals surface area (Å²) in [7, 11) is 1.66. The minimum atomic E-state index is -0.388. The van der Waals surface area contributed by atoms with Crippen LogP contribution in [0.4, 0.5) is 8.78 Å². The summed E-state index contributed by atoms with van der Waals surface area (Å²) in [5.41, 5.74) is 0.456. The molecule has 1 aromatic rings. The third kappa shape index (κ3) is 5.55. The maximum absolute atomic E-state index is 13.8. The van der Waals surface area contributed by atoms with E-state index in [1.165, 1.54) is 12.1 Å². The monoisotopic (exact) mass is 285 g/mol. The maximum atomic E-state index is 13.8. The van der Waals surface area contributed by atoms with E-state index in [2.05, 4.69) is 26.1 Å². The summed E-state index contributed by atoms with van der Waals surface area (Å²) in [6.45, 7) is 8.51. The Balaban J connectivity index is 2.71. The summed E-state index contributed by atoms with van der Waals surface area (Å²) in [4.78, 5) is 0. The van der Waals surface area contributed by atoms with Gasteiger partial charge in [-0.25, -0.2) is 8.78 Å². The summed E-state index contributed by atoms with van der Waals surface area (Å²) in [5, 5.41) is 3.31. The van der Waals surface area contributed by atoms with E-state index in [0.29, 0.717) is 18.6 Å². The number of hydrogen-bond donors (Lipinski definition) is 1. The van der Waals surface area contributed by atoms with Crippen molar-refractivity contribution in [1.82, 2.24) is 5.32 Å². The van der Waals surface area contributed by atoms with Crippen LogP contribution in [0.15, 0.2) is 18.2 Å². The van der Waals surface area contributed by atoms with Gasteiger partial charge < -0.3 is 10.1 Å². The van der Waals surface area contributed by atoms with E-state index in [-0.39, 0.29) is 23.0 Å². The standard InChI is InChI=1S/C16H25F2NO/c1-16(2,3)13(11-19-7-8-20-4)9-12-10-14(17)5-6-15(12)18/h5-6,10,13,19H,7-9,11H2,1-4H3. The fourth-order valence-electron chi connectivity index (χ4n) is 2.10. The third-order valence-corrected chi connectivity index (χ3v) is 3.57. The normalized spacial score (nSPS) is 13.5. The molecule has 0 saturated heterocycles. The third-order valence-electron chi connectivity index (χ3n) is 3.57. The number of benzene rings is 1. The molecule has 4 heteroatoms. The number of hydrogen-bond acceptors (Lipinski definition) is 2. The Morgan fingerprint density at radius 3 is 2.55 bits per heavy atom. The molecule has 2 nitrogen and oxygen atoms in total. The van der Waals surface area contributed by atoms with Crippen LogP contribution in [-0.4, -0.2) is 26.8 Å². The average Bonchev–Trinajstić information content (AvgIpc) is 2.36. The highest BCUT2D eigenvalue weighted by Gasteiger charge is 2.25. The molecule has 1 aromatic carbocycles. The second-order valence-electron chi connectivity index (χ2n) is 6.20. The van der Waals surface area contributed by atoms with Crippen LogP contribution in [0.25, 0.3) is 0 Å². The van der Waals surface area contributed by atoms with Crippen molar-refractivity contribution in [2.45, 2.75) is 27.2 Å². The molecule has 0 radical (unpaired) electrons. The van der Waals surface area contributed by atoms with Gasteiger partial charge in [0, 0.05) is 13.7 Å². The lowest BCUT2D eigenvalue weighted by molar-refractivity contribution is 0.186. The molecule has 0 fully saturated rings. The number of halogens is 2. The Bertz CT molecular complexity index is 415. The highest BCUT2D eigenvalue weighted by atomic mass is 19.1. The van der Waals surface area contributed by atoms with E-state index < -0.39 is 0 Å². The Morgan fingerprint density at radius 1 is 1.25 bits per heavy atom. The summed E-state index contributed by atoms with van der Waals surface area (Å²) < 4.78 is 32.0. The van der Waals surface area contributed by atoms with Crippen LogP contribution in [0.2, 0.25) is 0 Å². The predicted octanol–water partition coefficient (Wildman–Crippen LogP) is 3.41. The van der Waals surface area contributed by atoms with Crippen LogP contribution in [-0.2, 0) is 11.2 Å². The minimum absolute atomic E-state index is 0.0127. The van der Waals surface area contributed by atoms with Crippen LogP contribution < -0.4 is 5.32 Å². The van der Waals surface area contributed by atoms with E-state index in [9.17, 15) is 8.78 Å². The number of nitrogens with one attached hydrogen (secondary N) is 1. The van der Waals surface area contributed by atoms with Gasteiger partial charge in [0.25, 0.3) is 0 Å². The molecule has 0 aromatic heterocycles. The van der Waals surface area contributed by atoms with Gasteiger partial charge >= 0.3 is 0 Å². The van der Waals surface area contributed by atoms with E-state index in [4.69, 9.17) is 4.74 Å². The molecule has 0 amide bonds. The number of methoxy groups -OCH3 is 1. The first kappa shape index (κ1) is 17.1. The molecule has 1 rings (SSSR count). The first-order chi connectivity index (χ1) is 9.34. The second-order valence-corrected chi connectivity index (χ2v) is 6.20. The first-order valence-electron chi connectivity index (χ1n) is 6.98. The number of rotatable bonds is 7. The molecule has 0 heterocycles. The average molecular weight is 285 g/mol. The SMILES string of the molecule is COCCNCC(Cc1cc(F)ccc1F)C(C)(C)C. The molecular formula is C16H25F2NO. The van der Waals surface area contributed by atoms with E-state index in [1.807, 2.05) is 0 Å². The molecule has 0 spiro atoms. The van der Waals surface area contributed by atoms with Gasteiger partial charge in [0.05, 0.1) is 6.61 Å². The van der Waals surface area contributed by atoms with Gasteiger partial charge in [0.2, 0.25) is 0 Å². The lowest BCUT2D eigenvalue weighted by atomic mass is 9.77. The van der Waals surface area contributed by atoms with Gasteiger partial charge in [-0.05, 0) is 48.1 Å². The van der Waals surface area contributed by atoms with E-state index in [0.717, 1.165) is 19.2 Å². The molecule has 0 aliphatic heterocycles. The lowest BCUT2D eigenvalue weighted by Crippen LogP contribution is -2.35. The largest absolute Gasteiger partial charge is 0.383 e.